The highest BCUT2D eigenvalue weighted by atomic mass is 16.2. The van der Waals surface area contributed by atoms with Gasteiger partial charge in [-0.3, -0.25) is 5.43 Å². The van der Waals surface area contributed by atoms with Gasteiger partial charge in [0.25, 0.3) is 0 Å². The van der Waals surface area contributed by atoms with Crippen molar-refractivity contribution in [1.82, 2.24) is 5.43 Å². The summed E-state index contributed by atoms with van der Waals surface area (Å²) >= 11 is 0. The fraction of sp³-hybridized carbons (Fsp3) is 0.941. The number of nitrogens with one attached hydrogen (secondary N) is 1. The van der Waals surface area contributed by atoms with E-state index in [2.05, 4.69) is 39.3 Å². The average Bonchev–Trinajstić information content (AvgIpc) is 2.54. The molecule has 0 fully saturated rings. The highest BCUT2D eigenvalue weighted by molar-refractivity contribution is 5.70. The van der Waals surface area contributed by atoms with Crippen molar-refractivity contribution in [2.24, 2.45) is 11.6 Å². The van der Waals surface area contributed by atoms with E-state index in [-0.39, 0.29) is 5.48 Å². The van der Waals surface area contributed by atoms with E-state index in [0.29, 0.717) is 0 Å². The van der Waals surface area contributed by atoms with Gasteiger partial charge in [-0.25, -0.2) is 10.6 Å². The van der Waals surface area contributed by atoms with Crippen LogP contribution in [0.3, 0.4) is 0 Å². The summed E-state index contributed by atoms with van der Waals surface area (Å²) in [6.07, 6.45) is 11.1. The first-order valence-electron chi connectivity index (χ1n) is 9.12. The third kappa shape index (κ3) is 17.3. The first-order chi connectivity index (χ1) is 10.5. The van der Waals surface area contributed by atoms with Crippen molar-refractivity contribution in [1.29, 1.82) is 0 Å². The van der Waals surface area contributed by atoms with E-state index in [9.17, 15) is 4.79 Å². The third-order valence-corrected chi connectivity index (χ3v) is 4.09. The zero-order valence-electron chi connectivity index (χ0n) is 15.9. The number of rotatable bonds is 12. The molecule has 0 aromatic rings. The summed E-state index contributed by atoms with van der Waals surface area (Å²) in [4.78, 5) is 9.35. The molecule has 6 N–H and O–H groups in total. The fourth-order valence-electron chi connectivity index (χ4n) is 2.64. The monoisotopic (exact) mass is 334 g/mol. The Hall–Kier alpha value is -0.850. The summed E-state index contributed by atoms with van der Waals surface area (Å²) in [5.74, 6) is 4.45. The van der Waals surface area contributed by atoms with Crippen LogP contribution in [0.25, 0.3) is 0 Å². The Morgan fingerprint density at radius 3 is 1.13 bits per heavy atom. The normalized spacial score (nSPS) is 10.3. The number of hydrogen-bond donors (Lipinski definition) is 3. The summed E-state index contributed by atoms with van der Waals surface area (Å²) < 4.78 is 1.42. The predicted octanol–water partition coefficient (Wildman–Crippen LogP) is 3.36. The number of primary amides is 1. The van der Waals surface area contributed by atoms with Gasteiger partial charge in [-0.1, -0.05) is 53.4 Å². The summed E-state index contributed by atoms with van der Waals surface area (Å²) in [5, 5.41) is 0. The molecule has 0 bridgehead atoms. The third-order valence-electron chi connectivity index (χ3n) is 4.09. The molecular formula is C17H42N4O2. The first-order valence-corrected chi connectivity index (χ1v) is 9.12. The average molecular weight is 335 g/mol. The van der Waals surface area contributed by atoms with Gasteiger partial charge in [-0.05, 0) is 25.7 Å². The van der Waals surface area contributed by atoms with Crippen molar-refractivity contribution in [2.45, 2.75) is 79.1 Å². The topological polar surface area (TPSA) is 111 Å². The molecule has 0 atom stereocenters. The first kappa shape index (κ1) is 27.0. The number of urea groups is 1. The summed E-state index contributed by atoms with van der Waals surface area (Å²) in [7, 11) is 0. The molecule has 6 heteroatoms. The van der Waals surface area contributed by atoms with Gasteiger partial charge in [-0.15, -0.1) is 0 Å². The Kier molecular flexibility index (Phi) is 22.6. The van der Waals surface area contributed by atoms with E-state index in [1.807, 2.05) is 0 Å². The minimum Gasteiger partial charge on any atom is -0.870 e. The van der Waals surface area contributed by atoms with Crippen LogP contribution in [-0.4, -0.2) is 42.2 Å². The molecule has 0 aliphatic rings. The summed E-state index contributed by atoms with van der Waals surface area (Å²) in [5.41, 5.74) is 6.08. The van der Waals surface area contributed by atoms with Gasteiger partial charge in [-0.2, -0.15) is 0 Å². The lowest BCUT2D eigenvalue weighted by atomic mass is 10.1. The lowest BCUT2D eigenvalue weighted by molar-refractivity contribution is -0.929. The van der Waals surface area contributed by atoms with Crippen molar-refractivity contribution in [3.8, 4) is 0 Å². The van der Waals surface area contributed by atoms with Crippen LogP contribution in [0.1, 0.15) is 79.1 Å². The molecule has 0 unspecified atom stereocenters. The smallest absolute Gasteiger partial charge is 0.326 e. The van der Waals surface area contributed by atoms with Crippen molar-refractivity contribution in [2.75, 3.05) is 26.2 Å². The van der Waals surface area contributed by atoms with E-state index in [1.165, 1.54) is 82.0 Å². The Morgan fingerprint density at radius 2 is 1.00 bits per heavy atom. The highest BCUT2D eigenvalue weighted by Crippen LogP contribution is 2.16. The summed E-state index contributed by atoms with van der Waals surface area (Å²) in [6, 6.07) is -0.718. The van der Waals surface area contributed by atoms with Crippen molar-refractivity contribution < 1.29 is 14.8 Å². The second-order valence-corrected chi connectivity index (χ2v) is 6.16. The Balaban J connectivity index is -0.000000578. The largest absolute Gasteiger partial charge is 0.870 e. The van der Waals surface area contributed by atoms with E-state index in [1.54, 1.807) is 5.43 Å². The number of hydrogen-bond acceptors (Lipinski definition) is 3. The lowest BCUT2D eigenvalue weighted by Crippen LogP contribution is -2.50. The van der Waals surface area contributed by atoms with Crippen LogP contribution in [0.2, 0.25) is 0 Å². The lowest BCUT2D eigenvalue weighted by Gasteiger charge is -2.39. The highest BCUT2D eigenvalue weighted by Gasteiger charge is 2.24. The van der Waals surface area contributed by atoms with Gasteiger partial charge in [0, 0.05) is 0 Å². The van der Waals surface area contributed by atoms with E-state index in [0.717, 1.165) is 0 Å². The number of hydrazine groups is 1. The van der Waals surface area contributed by atoms with Crippen molar-refractivity contribution >= 4 is 6.03 Å². The van der Waals surface area contributed by atoms with Crippen LogP contribution < -0.4 is 17.0 Å². The predicted molar refractivity (Wildman–Crippen MR) is 98.2 cm³/mol. The van der Waals surface area contributed by atoms with Gasteiger partial charge in [0.2, 0.25) is 0 Å². The van der Waals surface area contributed by atoms with Gasteiger partial charge >= 0.3 is 6.03 Å². The Morgan fingerprint density at radius 1 is 0.783 bits per heavy atom. The molecule has 0 saturated carbocycles. The minimum atomic E-state index is -0.718. The Labute approximate surface area is 143 Å². The van der Waals surface area contributed by atoms with Crippen LogP contribution in [0.4, 0.5) is 4.79 Å². The molecule has 142 valence electrons. The molecule has 0 radical (unpaired) electrons. The van der Waals surface area contributed by atoms with Gasteiger partial charge < -0.3 is 15.7 Å². The molecule has 0 spiro atoms. The van der Waals surface area contributed by atoms with Crippen LogP contribution in [0.5, 0.6) is 0 Å². The molecule has 23 heavy (non-hydrogen) atoms. The number of carbonyl (C=O) groups excluding carboxylic acids is 1. The maximum atomic E-state index is 9.35. The van der Waals surface area contributed by atoms with Gasteiger partial charge in [0.05, 0.1) is 26.2 Å². The molecule has 0 aromatic carbocycles. The molecule has 0 aromatic heterocycles. The van der Waals surface area contributed by atoms with Crippen molar-refractivity contribution in [3.63, 3.8) is 0 Å². The SMILES string of the molecule is CCCC[N+](CCCC)(CCCC)CCCC.NNC(N)=O.[OH-]. The number of carbonyl (C=O) groups is 1. The van der Waals surface area contributed by atoms with Crippen LogP contribution >= 0.6 is 0 Å². The number of amides is 2. The molecule has 0 rings (SSSR count). The zero-order chi connectivity index (χ0) is 17.3. The number of nitrogens with two attached hydrogens (primary N) is 2. The maximum Gasteiger partial charge on any atom is 0.326 e. The standard InChI is InChI=1S/C16H36N.CH5N3O.H2O/c1-5-9-13-17(14-10-6-2,15-11-7-3)16-12-8-4;2-1(5)4-3;/h5-16H2,1-4H3;3H2,(H3,2,4,5);1H2/q+1;;/p-1. The number of nitrogens with zero attached hydrogens (tertiary/aromatic N) is 1. The molecule has 0 heterocycles. The molecule has 0 saturated heterocycles. The van der Waals surface area contributed by atoms with Crippen LogP contribution in [0.15, 0.2) is 0 Å². The minimum absolute atomic E-state index is 0. The van der Waals surface area contributed by atoms with Crippen LogP contribution in [-0.2, 0) is 0 Å². The van der Waals surface area contributed by atoms with Crippen LogP contribution in [0, 0.1) is 0 Å². The fourth-order valence-corrected chi connectivity index (χ4v) is 2.64. The van der Waals surface area contributed by atoms with Gasteiger partial charge in [0.15, 0.2) is 0 Å². The zero-order valence-corrected chi connectivity index (χ0v) is 15.9. The van der Waals surface area contributed by atoms with E-state index in [4.69, 9.17) is 0 Å². The number of unbranched alkanes of at least 4 members (excludes halogenated alkanes) is 4. The van der Waals surface area contributed by atoms with E-state index >= 15 is 0 Å². The van der Waals surface area contributed by atoms with E-state index < -0.39 is 6.03 Å². The quantitative estimate of drug-likeness (QED) is 0.220. The molecule has 0 aliphatic heterocycles. The molecule has 6 nitrogen and oxygen atoms in total. The Bertz CT molecular complexity index is 213. The molecular weight excluding hydrogens is 292 g/mol. The summed E-state index contributed by atoms with van der Waals surface area (Å²) in [6.45, 7) is 15.0. The van der Waals surface area contributed by atoms with Gasteiger partial charge in [0.1, 0.15) is 0 Å². The molecule has 2 amide bonds. The number of quaternary nitrogens is 1. The second-order valence-electron chi connectivity index (χ2n) is 6.16. The molecule has 0 aliphatic carbocycles. The maximum absolute atomic E-state index is 9.35. The second kappa shape index (κ2) is 19.2. The van der Waals surface area contributed by atoms with Crippen molar-refractivity contribution in [3.05, 3.63) is 0 Å².